The van der Waals surface area contributed by atoms with Crippen molar-refractivity contribution in [2.75, 3.05) is 0 Å². The Balaban J connectivity index is 1.82. The minimum atomic E-state index is -4.35. The van der Waals surface area contributed by atoms with E-state index < -0.39 is 11.7 Å². The van der Waals surface area contributed by atoms with Crippen LogP contribution in [0.15, 0.2) is 69.9 Å². The van der Waals surface area contributed by atoms with E-state index in [0.29, 0.717) is 10.6 Å². The van der Waals surface area contributed by atoms with Gasteiger partial charge in [-0.15, -0.1) is 5.10 Å². The molecular weight excluding hydrogens is 379 g/mol. The van der Waals surface area contributed by atoms with E-state index in [1.807, 2.05) is 0 Å². The molecule has 27 heavy (non-hydrogen) atoms. The molecule has 0 fully saturated rings. The fraction of sp³-hybridized carbons (Fsp3) is 0.0556. The summed E-state index contributed by atoms with van der Waals surface area (Å²) in [5, 5.41) is 11.9. The van der Waals surface area contributed by atoms with Gasteiger partial charge >= 0.3 is 6.18 Å². The van der Waals surface area contributed by atoms with Gasteiger partial charge in [-0.2, -0.15) is 23.4 Å². The molecule has 0 saturated heterocycles. The molecule has 0 atom stereocenters. The van der Waals surface area contributed by atoms with Gasteiger partial charge in [0.1, 0.15) is 0 Å². The topological polar surface area (TPSA) is 75.1 Å². The zero-order valence-electron chi connectivity index (χ0n) is 13.9. The van der Waals surface area contributed by atoms with Crippen molar-refractivity contribution in [3.05, 3.63) is 76.3 Å². The van der Waals surface area contributed by atoms with Gasteiger partial charge in [0, 0.05) is 11.2 Å². The number of benzene rings is 2. The lowest BCUT2D eigenvalue weighted by atomic mass is 10.1. The normalized spacial score (nSPS) is 13.1. The fourth-order valence-electron chi connectivity index (χ4n) is 1.82. The van der Waals surface area contributed by atoms with Crippen LogP contribution in [0.2, 0.25) is 5.02 Å². The van der Waals surface area contributed by atoms with Gasteiger partial charge in [0.2, 0.25) is 5.96 Å². The monoisotopic (exact) mass is 393 g/mol. The zero-order valence-corrected chi connectivity index (χ0v) is 14.6. The molecule has 0 aliphatic rings. The number of hydrogen-bond acceptors (Lipinski definition) is 3. The second-order valence-electron chi connectivity index (χ2n) is 5.15. The first-order chi connectivity index (χ1) is 12.8. The highest BCUT2D eigenvalue weighted by atomic mass is 35.5. The highest BCUT2D eigenvalue weighted by molar-refractivity contribution is 6.30. The third-order valence-corrected chi connectivity index (χ3v) is 3.36. The van der Waals surface area contributed by atoms with Crippen molar-refractivity contribution in [1.29, 1.82) is 0 Å². The van der Waals surface area contributed by atoms with E-state index >= 15 is 0 Å². The largest absolute Gasteiger partial charge is 0.416 e. The van der Waals surface area contributed by atoms with Gasteiger partial charge in [0.05, 0.1) is 11.8 Å². The molecule has 140 valence electrons. The first-order valence-electron chi connectivity index (χ1n) is 7.59. The molecule has 0 aliphatic heterocycles. The van der Waals surface area contributed by atoms with Crippen LogP contribution in [0.3, 0.4) is 0 Å². The van der Waals surface area contributed by atoms with E-state index in [1.54, 1.807) is 30.3 Å². The number of nitrogens with one attached hydrogen (secondary N) is 1. The molecule has 9 heteroatoms. The smallest absolute Gasteiger partial charge is 0.367 e. The van der Waals surface area contributed by atoms with Crippen LogP contribution in [0.5, 0.6) is 0 Å². The molecule has 0 amide bonds. The van der Waals surface area contributed by atoms with Crippen molar-refractivity contribution >= 4 is 36.1 Å². The third kappa shape index (κ3) is 7.33. The van der Waals surface area contributed by atoms with E-state index in [9.17, 15) is 13.2 Å². The molecule has 0 heterocycles. The molecule has 2 rings (SSSR count). The lowest BCUT2D eigenvalue weighted by Gasteiger charge is -2.05. The summed E-state index contributed by atoms with van der Waals surface area (Å²) in [5.41, 5.74) is 8.79. The summed E-state index contributed by atoms with van der Waals surface area (Å²) in [4.78, 5) is 0. The Morgan fingerprint density at radius 1 is 1.00 bits per heavy atom. The summed E-state index contributed by atoms with van der Waals surface area (Å²) >= 11 is 5.78. The number of rotatable bonds is 5. The third-order valence-electron chi connectivity index (χ3n) is 3.11. The second-order valence-corrected chi connectivity index (χ2v) is 5.59. The predicted molar refractivity (Wildman–Crippen MR) is 103 cm³/mol. The molecular formula is C18H15ClF3N5. The molecule has 2 aromatic carbocycles. The van der Waals surface area contributed by atoms with Crippen LogP contribution in [-0.2, 0) is 6.18 Å². The first-order valence-corrected chi connectivity index (χ1v) is 7.97. The number of guanidine groups is 1. The van der Waals surface area contributed by atoms with Crippen LogP contribution in [0.4, 0.5) is 13.2 Å². The zero-order chi connectivity index (χ0) is 19.7. The maximum atomic E-state index is 12.5. The number of nitrogens with two attached hydrogens (primary N) is 1. The van der Waals surface area contributed by atoms with Gasteiger partial charge in [0.15, 0.2) is 0 Å². The van der Waals surface area contributed by atoms with Crippen LogP contribution < -0.4 is 11.2 Å². The molecule has 0 bridgehead atoms. The molecule has 0 aliphatic carbocycles. The lowest BCUT2D eigenvalue weighted by molar-refractivity contribution is -0.137. The van der Waals surface area contributed by atoms with E-state index in [0.717, 1.165) is 17.7 Å². The van der Waals surface area contributed by atoms with E-state index in [4.69, 9.17) is 17.3 Å². The standard InChI is InChI=1S/C18H15ClF3N5/c19-16-9-5-14(6-10-16)12-25-27-17(23)26-24-11-1-2-13-3-7-15(8-4-13)18(20,21)22/h1-12H,(H3,23,26,27). The number of allylic oxidation sites excluding steroid dienone is 1. The highest BCUT2D eigenvalue weighted by Gasteiger charge is 2.29. The number of hydrazone groups is 1. The number of halogens is 4. The highest BCUT2D eigenvalue weighted by Crippen LogP contribution is 2.29. The van der Waals surface area contributed by atoms with E-state index in [2.05, 4.69) is 20.7 Å². The maximum Gasteiger partial charge on any atom is 0.416 e. The Labute approximate surface area is 158 Å². The Hall–Kier alpha value is -3.13. The molecule has 5 nitrogen and oxygen atoms in total. The van der Waals surface area contributed by atoms with Gasteiger partial charge in [-0.05, 0) is 41.5 Å². The first kappa shape index (κ1) is 20.2. The Kier molecular flexibility index (Phi) is 7.13. The minimum Gasteiger partial charge on any atom is -0.367 e. The van der Waals surface area contributed by atoms with Gasteiger partial charge < -0.3 is 5.73 Å². The molecule has 0 saturated carbocycles. The van der Waals surface area contributed by atoms with Crippen LogP contribution in [-0.4, -0.2) is 18.4 Å². The summed E-state index contributed by atoms with van der Waals surface area (Å²) < 4.78 is 37.4. The number of alkyl halides is 3. The van der Waals surface area contributed by atoms with Crippen LogP contribution in [0, 0.1) is 0 Å². The van der Waals surface area contributed by atoms with E-state index in [1.165, 1.54) is 30.6 Å². The summed E-state index contributed by atoms with van der Waals surface area (Å²) in [6.45, 7) is 0. The lowest BCUT2D eigenvalue weighted by Crippen LogP contribution is -2.26. The van der Waals surface area contributed by atoms with Crippen molar-refractivity contribution in [3.8, 4) is 0 Å². The SMILES string of the molecule is NC(=NN=CC=Cc1ccc(C(F)(F)F)cc1)NN=Cc1ccc(Cl)cc1. The van der Waals surface area contributed by atoms with Gasteiger partial charge in [-0.3, -0.25) is 0 Å². The van der Waals surface area contributed by atoms with Crippen molar-refractivity contribution < 1.29 is 13.2 Å². The van der Waals surface area contributed by atoms with Crippen LogP contribution in [0.25, 0.3) is 6.08 Å². The molecule has 0 radical (unpaired) electrons. The summed E-state index contributed by atoms with van der Waals surface area (Å²) in [7, 11) is 0. The Bertz CT molecular complexity index is 854. The number of nitrogens with zero attached hydrogens (tertiary/aromatic N) is 3. The molecule has 3 N–H and O–H groups in total. The van der Waals surface area contributed by atoms with Crippen molar-refractivity contribution in [3.63, 3.8) is 0 Å². The fourth-order valence-corrected chi connectivity index (χ4v) is 1.94. The Morgan fingerprint density at radius 3 is 2.26 bits per heavy atom. The van der Waals surface area contributed by atoms with Crippen LogP contribution in [0.1, 0.15) is 16.7 Å². The molecule has 0 spiro atoms. The van der Waals surface area contributed by atoms with Crippen molar-refractivity contribution in [1.82, 2.24) is 5.43 Å². The van der Waals surface area contributed by atoms with Gasteiger partial charge in [-0.1, -0.05) is 41.9 Å². The Morgan fingerprint density at radius 2 is 1.63 bits per heavy atom. The summed E-state index contributed by atoms with van der Waals surface area (Å²) in [5.74, 6) is -0.0283. The summed E-state index contributed by atoms with van der Waals surface area (Å²) in [6, 6.07) is 11.8. The number of hydrogen-bond donors (Lipinski definition) is 2. The average Bonchev–Trinajstić information content (AvgIpc) is 2.63. The quantitative estimate of drug-likeness (QED) is 0.451. The molecule has 0 unspecified atom stereocenters. The van der Waals surface area contributed by atoms with Crippen molar-refractivity contribution in [2.24, 2.45) is 21.0 Å². The maximum absolute atomic E-state index is 12.5. The molecule has 0 aromatic heterocycles. The average molecular weight is 394 g/mol. The molecule has 2 aromatic rings. The van der Waals surface area contributed by atoms with Crippen LogP contribution >= 0.6 is 11.6 Å². The van der Waals surface area contributed by atoms with Crippen molar-refractivity contribution in [2.45, 2.75) is 6.18 Å². The van der Waals surface area contributed by atoms with E-state index in [-0.39, 0.29) is 5.96 Å². The van der Waals surface area contributed by atoms with Gasteiger partial charge in [0.25, 0.3) is 0 Å². The second kappa shape index (κ2) is 9.54. The minimum absolute atomic E-state index is 0.0283. The van der Waals surface area contributed by atoms with Gasteiger partial charge in [-0.25, -0.2) is 5.43 Å². The predicted octanol–water partition coefficient (Wildman–Crippen LogP) is 4.30. The summed E-state index contributed by atoms with van der Waals surface area (Å²) in [6.07, 6.45) is 1.64.